The Morgan fingerprint density at radius 3 is 1.60 bits per heavy atom. The van der Waals surface area contributed by atoms with Gasteiger partial charge >= 0.3 is 0 Å². The molecule has 0 heterocycles. The Bertz CT molecular complexity index is 3000. The average molecular weight is 802 g/mol. The van der Waals surface area contributed by atoms with Crippen molar-refractivity contribution in [2.24, 2.45) is 0 Å². The van der Waals surface area contributed by atoms with Gasteiger partial charge in [-0.2, -0.15) is 0 Å². The van der Waals surface area contributed by atoms with Crippen LogP contribution in [0.1, 0.15) is 104 Å². The molecule has 0 radical (unpaired) electrons. The molecule has 0 aliphatic heterocycles. The predicted octanol–water partition coefficient (Wildman–Crippen LogP) is 16.2. The van der Waals surface area contributed by atoms with Crippen LogP contribution in [0.2, 0.25) is 0 Å². The van der Waals surface area contributed by atoms with Gasteiger partial charge in [0, 0.05) is 22.4 Å². The van der Waals surface area contributed by atoms with E-state index in [-0.39, 0.29) is 16.2 Å². The highest BCUT2D eigenvalue weighted by Crippen LogP contribution is 2.61. The van der Waals surface area contributed by atoms with Crippen LogP contribution in [0.3, 0.4) is 0 Å². The summed E-state index contributed by atoms with van der Waals surface area (Å²) in [6, 6.07) is 69.1. The molecule has 11 rings (SSSR count). The number of hydrogen-bond acceptors (Lipinski definition) is 1. The number of fused-ring (bicyclic) bond motifs is 7. The molecule has 62 heavy (non-hydrogen) atoms. The topological polar surface area (TPSA) is 3.24 Å². The zero-order chi connectivity index (χ0) is 42.6. The Balaban J connectivity index is 1.30. The van der Waals surface area contributed by atoms with Crippen LogP contribution in [0.15, 0.2) is 182 Å². The molecule has 0 aromatic heterocycles. The molecule has 0 saturated heterocycles. The van der Waals surface area contributed by atoms with Gasteiger partial charge in [0.15, 0.2) is 0 Å². The molecule has 304 valence electrons. The van der Waals surface area contributed by atoms with Crippen molar-refractivity contribution < 1.29 is 0 Å². The predicted molar refractivity (Wildman–Crippen MR) is 261 cm³/mol. The summed E-state index contributed by atoms with van der Waals surface area (Å²) in [5.41, 5.74) is 23.0. The number of nitrogens with zero attached hydrogens (tertiary/aromatic N) is 1. The van der Waals surface area contributed by atoms with E-state index in [1.807, 2.05) is 0 Å². The molecule has 0 N–H and O–H groups in total. The third-order valence-electron chi connectivity index (χ3n) is 15.1. The van der Waals surface area contributed by atoms with Gasteiger partial charge in [-0.15, -0.1) is 0 Å². The first-order chi connectivity index (χ1) is 29.9. The van der Waals surface area contributed by atoms with Crippen LogP contribution in [0.5, 0.6) is 0 Å². The summed E-state index contributed by atoms with van der Waals surface area (Å²) in [6.07, 6.45) is 2.31. The summed E-state index contributed by atoms with van der Waals surface area (Å²) < 4.78 is 0. The second-order valence-corrected chi connectivity index (χ2v) is 20.0. The first-order valence-corrected chi connectivity index (χ1v) is 22.6. The van der Waals surface area contributed by atoms with Crippen molar-refractivity contribution in [2.75, 3.05) is 4.90 Å². The first-order valence-electron chi connectivity index (χ1n) is 22.6. The average Bonchev–Trinajstić information content (AvgIpc) is 3.71. The fourth-order valence-electron chi connectivity index (χ4n) is 11.9. The van der Waals surface area contributed by atoms with E-state index in [1.54, 1.807) is 0 Å². The van der Waals surface area contributed by atoms with Crippen molar-refractivity contribution >= 4 is 17.1 Å². The molecule has 0 bridgehead atoms. The number of rotatable bonds is 6. The van der Waals surface area contributed by atoms with E-state index >= 15 is 0 Å². The van der Waals surface area contributed by atoms with Crippen LogP contribution in [0.4, 0.5) is 17.1 Å². The molecule has 1 heteroatoms. The molecule has 0 spiro atoms. The van der Waals surface area contributed by atoms with Crippen LogP contribution < -0.4 is 4.90 Å². The minimum absolute atomic E-state index is 0.0147. The second-order valence-electron chi connectivity index (χ2n) is 20.0. The third kappa shape index (κ3) is 5.46. The number of para-hydroxylation sites is 1. The molecule has 0 atom stereocenters. The summed E-state index contributed by atoms with van der Waals surface area (Å²) in [6.45, 7) is 17.0. The van der Waals surface area contributed by atoms with Crippen molar-refractivity contribution in [3.63, 3.8) is 0 Å². The van der Waals surface area contributed by atoms with Crippen molar-refractivity contribution in [1.29, 1.82) is 0 Å². The molecule has 0 fully saturated rings. The highest BCUT2D eigenvalue weighted by molar-refractivity contribution is 5.99. The molecule has 0 saturated carbocycles. The van der Waals surface area contributed by atoms with Gasteiger partial charge in [0.2, 0.25) is 0 Å². The van der Waals surface area contributed by atoms with E-state index in [1.165, 1.54) is 101 Å². The van der Waals surface area contributed by atoms with E-state index < -0.39 is 5.41 Å². The lowest BCUT2D eigenvalue weighted by atomic mass is 9.61. The zero-order valence-electron chi connectivity index (χ0n) is 37.2. The maximum atomic E-state index is 2.60. The number of benzene rings is 8. The fraction of sp³-hybridized carbons (Fsp3) is 0.213. The smallest absolute Gasteiger partial charge is 0.0714 e. The summed E-state index contributed by atoms with van der Waals surface area (Å²) in [5.74, 6) is 0. The van der Waals surface area contributed by atoms with Gasteiger partial charge in [-0.25, -0.2) is 0 Å². The maximum Gasteiger partial charge on any atom is 0.0714 e. The van der Waals surface area contributed by atoms with Gasteiger partial charge < -0.3 is 4.90 Å². The highest BCUT2D eigenvalue weighted by atomic mass is 15.1. The Hall–Kier alpha value is -6.44. The van der Waals surface area contributed by atoms with Crippen LogP contribution in [0.25, 0.3) is 33.4 Å². The minimum atomic E-state index is -0.544. The molecule has 1 nitrogen and oxygen atoms in total. The van der Waals surface area contributed by atoms with Crippen LogP contribution >= 0.6 is 0 Å². The largest absolute Gasteiger partial charge is 0.310 e. The number of hydrogen-bond donors (Lipinski definition) is 0. The quantitative estimate of drug-likeness (QED) is 0.162. The maximum absolute atomic E-state index is 2.60. The summed E-state index contributed by atoms with van der Waals surface area (Å²) in [5, 5.41) is 0. The number of aryl methyl sites for hydroxylation is 1. The van der Waals surface area contributed by atoms with Gasteiger partial charge in [0.05, 0.1) is 11.1 Å². The molecule has 3 aliphatic rings. The SMILES string of the molecule is Cc1ccc2c(c1-c1cc3c(cc1N(c1ccccc1)c1ccc4c(c1)C(C)(C)c1ccccc1-4)C(c1ccccc1)(c1ccccc1)c1ccccc1-3)C(C)(C)CCC2(C)C. The Morgan fingerprint density at radius 2 is 0.935 bits per heavy atom. The van der Waals surface area contributed by atoms with Crippen molar-refractivity contribution in [3.8, 4) is 33.4 Å². The van der Waals surface area contributed by atoms with E-state index in [2.05, 4.69) is 235 Å². The van der Waals surface area contributed by atoms with E-state index in [0.29, 0.717) is 0 Å². The van der Waals surface area contributed by atoms with Crippen LogP contribution in [0, 0.1) is 6.92 Å². The lowest BCUT2D eigenvalue weighted by Crippen LogP contribution is -2.34. The van der Waals surface area contributed by atoms with Crippen LogP contribution in [-0.4, -0.2) is 0 Å². The highest BCUT2D eigenvalue weighted by Gasteiger charge is 2.48. The van der Waals surface area contributed by atoms with Crippen molar-refractivity contribution in [2.45, 2.75) is 83.0 Å². The third-order valence-corrected chi connectivity index (χ3v) is 15.1. The Morgan fingerprint density at radius 1 is 0.387 bits per heavy atom. The van der Waals surface area contributed by atoms with Crippen LogP contribution in [-0.2, 0) is 21.7 Å². The summed E-state index contributed by atoms with van der Waals surface area (Å²) in [7, 11) is 0. The van der Waals surface area contributed by atoms with Gasteiger partial charge in [-0.05, 0) is 145 Å². The van der Waals surface area contributed by atoms with Crippen molar-refractivity contribution in [3.05, 3.63) is 232 Å². The second kappa shape index (κ2) is 13.8. The monoisotopic (exact) mass is 801 g/mol. The first kappa shape index (κ1) is 38.5. The lowest BCUT2D eigenvalue weighted by Gasteiger charge is -2.44. The van der Waals surface area contributed by atoms with Gasteiger partial charge in [-0.1, -0.05) is 187 Å². The van der Waals surface area contributed by atoms with Gasteiger partial charge in [0.1, 0.15) is 0 Å². The Kier molecular flexibility index (Phi) is 8.55. The van der Waals surface area contributed by atoms with Gasteiger partial charge in [-0.3, -0.25) is 0 Å². The fourth-order valence-corrected chi connectivity index (χ4v) is 11.9. The summed E-state index contributed by atoms with van der Waals surface area (Å²) >= 11 is 0. The molecule has 8 aromatic carbocycles. The standard InChI is InChI=1S/C61H55N/c1-40-31-34-52-57(59(4,5)36-35-58(52,2)3)56(40)49-38-48-46-28-18-20-30-51(46)61(41-21-11-8-12-22-41,42-23-13-9-14-24-42)54(48)39-55(49)62(43-25-15-10-16-26-43)44-32-33-47-45-27-17-19-29-50(45)60(6,7)53(47)37-44/h8-34,37-39H,35-36H2,1-7H3. The normalized spacial score (nSPS) is 16.7. The van der Waals surface area contributed by atoms with E-state index in [9.17, 15) is 0 Å². The van der Waals surface area contributed by atoms with E-state index in [0.717, 1.165) is 12.1 Å². The molecule has 8 aromatic rings. The van der Waals surface area contributed by atoms with Gasteiger partial charge in [0.25, 0.3) is 0 Å². The van der Waals surface area contributed by atoms with Crippen molar-refractivity contribution in [1.82, 2.24) is 0 Å². The minimum Gasteiger partial charge on any atom is -0.310 e. The molecular weight excluding hydrogens is 747 g/mol. The molecular formula is C61H55N. The summed E-state index contributed by atoms with van der Waals surface area (Å²) in [4.78, 5) is 2.58. The molecule has 3 aliphatic carbocycles. The van der Waals surface area contributed by atoms with E-state index in [4.69, 9.17) is 0 Å². The molecule has 0 unspecified atom stereocenters. The molecule has 0 amide bonds. The zero-order valence-corrected chi connectivity index (χ0v) is 37.2. The lowest BCUT2D eigenvalue weighted by molar-refractivity contribution is 0.332. The Labute approximate surface area is 368 Å². The number of anilines is 3.